The number of hydrogen-bond acceptors (Lipinski definition) is 4. The molecule has 1 aliphatic carbocycles. The lowest BCUT2D eigenvalue weighted by atomic mass is 9.82. The molecule has 4 rings (SSSR count). The second kappa shape index (κ2) is 8.42. The highest BCUT2D eigenvalue weighted by molar-refractivity contribution is 6.39. The van der Waals surface area contributed by atoms with Gasteiger partial charge in [0, 0.05) is 41.0 Å². The lowest BCUT2D eigenvalue weighted by Crippen LogP contribution is -2.27. The third-order valence-corrected chi connectivity index (χ3v) is 5.67. The molecule has 0 aliphatic heterocycles. The predicted octanol–water partition coefficient (Wildman–Crippen LogP) is 5.24. The molecule has 0 spiro atoms. The lowest BCUT2D eigenvalue weighted by Gasteiger charge is -2.24. The highest BCUT2D eigenvalue weighted by Gasteiger charge is 2.35. The third kappa shape index (κ3) is 3.94. The van der Waals surface area contributed by atoms with Crippen molar-refractivity contribution in [2.75, 3.05) is 9.74 Å². The van der Waals surface area contributed by atoms with Gasteiger partial charge in [0.15, 0.2) is 11.6 Å². The summed E-state index contributed by atoms with van der Waals surface area (Å²) in [4.78, 5) is 51.2. The minimum absolute atomic E-state index is 0.0413. The molecule has 6 nitrogen and oxygen atoms in total. The van der Waals surface area contributed by atoms with Crippen LogP contribution in [0.25, 0.3) is 0 Å². The number of amides is 2. The minimum Gasteiger partial charge on any atom is -0.319 e. The minimum atomic E-state index is -4.68. The predicted molar refractivity (Wildman–Crippen MR) is 118 cm³/mol. The van der Waals surface area contributed by atoms with Crippen LogP contribution in [0.5, 0.6) is 0 Å². The SMILES string of the molecule is CC(=O)N(Cl)c1ccc2c(c1NC(=O)c1cccc(C(F)(F)F)c1)C(=O)c1ccccc1C2=O. The molecule has 0 unspecified atom stereocenters. The first-order valence-corrected chi connectivity index (χ1v) is 10.1. The first-order chi connectivity index (χ1) is 16.0. The number of rotatable bonds is 3. The molecule has 34 heavy (non-hydrogen) atoms. The van der Waals surface area contributed by atoms with Crippen molar-refractivity contribution in [2.45, 2.75) is 13.1 Å². The molecular formula is C24H14ClF3N2O4. The molecule has 0 bridgehead atoms. The molecule has 2 amide bonds. The Morgan fingerprint density at radius 2 is 1.53 bits per heavy atom. The number of halogens is 4. The van der Waals surface area contributed by atoms with Gasteiger partial charge < -0.3 is 5.32 Å². The van der Waals surface area contributed by atoms with Gasteiger partial charge in [0.2, 0.25) is 5.91 Å². The Labute approximate surface area is 196 Å². The number of fused-ring (bicyclic) bond motifs is 2. The van der Waals surface area contributed by atoms with Crippen molar-refractivity contribution in [2.24, 2.45) is 0 Å². The first-order valence-electron chi connectivity index (χ1n) is 9.81. The van der Waals surface area contributed by atoms with Crippen molar-refractivity contribution in [1.29, 1.82) is 0 Å². The summed E-state index contributed by atoms with van der Waals surface area (Å²) in [5.74, 6) is -2.75. The average Bonchev–Trinajstić information content (AvgIpc) is 2.81. The highest BCUT2D eigenvalue weighted by atomic mass is 35.5. The second-order valence-electron chi connectivity index (χ2n) is 7.42. The van der Waals surface area contributed by atoms with Crippen LogP contribution in [0.3, 0.4) is 0 Å². The van der Waals surface area contributed by atoms with Gasteiger partial charge in [0.25, 0.3) is 5.91 Å². The average molecular weight is 487 g/mol. The van der Waals surface area contributed by atoms with Gasteiger partial charge in [-0.2, -0.15) is 13.2 Å². The van der Waals surface area contributed by atoms with Crippen molar-refractivity contribution in [3.8, 4) is 0 Å². The number of carbonyl (C=O) groups excluding carboxylic acids is 4. The van der Waals surface area contributed by atoms with Crippen LogP contribution in [-0.2, 0) is 11.0 Å². The Morgan fingerprint density at radius 3 is 2.15 bits per heavy atom. The Morgan fingerprint density at radius 1 is 0.882 bits per heavy atom. The fraction of sp³-hybridized carbons (Fsp3) is 0.0833. The summed E-state index contributed by atoms with van der Waals surface area (Å²) in [6.45, 7) is 1.13. The molecule has 1 N–H and O–H groups in total. The van der Waals surface area contributed by atoms with Gasteiger partial charge in [0.05, 0.1) is 22.5 Å². The number of nitrogens with zero attached hydrogens (tertiary/aromatic N) is 1. The number of hydrogen-bond donors (Lipinski definition) is 1. The van der Waals surface area contributed by atoms with Crippen molar-refractivity contribution >= 4 is 46.5 Å². The van der Waals surface area contributed by atoms with E-state index < -0.39 is 35.1 Å². The Hall–Kier alpha value is -3.98. The number of alkyl halides is 3. The van der Waals surface area contributed by atoms with Gasteiger partial charge in [-0.3, -0.25) is 19.2 Å². The quantitative estimate of drug-likeness (QED) is 0.401. The van der Waals surface area contributed by atoms with E-state index in [0.717, 1.165) is 25.1 Å². The zero-order chi connectivity index (χ0) is 24.8. The van der Waals surface area contributed by atoms with Gasteiger partial charge >= 0.3 is 6.18 Å². The maximum absolute atomic E-state index is 13.3. The van der Waals surface area contributed by atoms with Gasteiger partial charge in [-0.25, -0.2) is 4.42 Å². The van der Waals surface area contributed by atoms with E-state index in [9.17, 15) is 32.3 Å². The Kier molecular flexibility index (Phi) is 5.74. The van der Waals surface area contributed by atoms with Crippen molar-refractivity contribution in [1.82, 2.24) is 0 Å². The number of carbonyl (C=O) groups is 4. The van der Waals surface area contributed by atoms with Crippen molar-refractivity contribution < 1.29 is 32.3 Å². The van der Waals surface area contributed by atoms with Crippen LogP contribution in [0, 0.1) is 0 Å². The van der Waals surface area contributed by atoms with E-state index >= 15 is 0 Å². The fourth-order valence-electron chi connectivity index (χ4n) is 3.66. The number of benzene rings is 3. The third-order valence-electron chi connectivity index (χ3n) is 5.25. The Bertz CT molecular complexity index is 1380. The van der Waals surface area contributed by atoms with Crippen LogP contribution in [-0.4, -0.2) is 23.4 Å². The lowest BCUT2D eigenvalue weighted by molar-refractivity contribution is -0.137. The number of anilines is 2. The molecule has 0 heterocycles. The van der Waals surface area contributed by atoms with Crippen LogP contribution in [0.4, 0.5) is 24.5 Å². The highest BCUT2D eigenvalue weighted by Crippen LogP contribution is 2.39. The normalized spacial score (nSPS) is 12.6. The first kappa shape index (κ1) is 23.2. The summed E-state index contributed by atoms with van der Waals surface area (Å²) < 4.78 is 39.9. The molecule has 0 atom stereocenters. The molecule has 3 aromatic carbocycles. The summed E-state index contributed by atoms with van der Waals surface area (Å²) in [6.07, 6.45) is -4.68. The Balaban J connectivity index is 1.88. The smallest absolute Gasteiger partial charge is 0.319 e. The molecule has 0 fully saturated rings. The molecule has 172 valence electrons. The summed E-state index contributed by atoms with van der Waals surface area (Å²) in [5, 5.41) is 2.39. The van der Waals surface area contributed by atoms with E-state index in [0.29, 0.717) is 10.5 Å². The monoisotopic (exact) mass is 486 g/mol. The van der Waals surface area contributed by atoms with Gasteiger partial charge in [-0.15, -0.1) is 0 Å². The van der Waals surface area contributed by atoms with Crippen LogP contribution in [0.2, 0.25) is 0 Å². The molecular weight excluding hydrogens is 473 g/mol. The van der Waals surface area contributed by atoms with Crippen LogP contribution in [0.1, 0.15) is 54.7 Å². The van der Waals surface area contributed by atoms with E-state index in [4.69, 9.17) is 11.8 Å². The van der Waals surface area contributed by atoms with Crippen LogP contribution < -0.4 is 9.74 Å². The molecule has 0 saturated heterocycles. The van der Waals surface area contributed by atoms with E-state index in [-0.39, 0.29) is 39.2 Å². The van der Waals surface area contributed by atoms with Crippen molar-refractivity contribution in [3.63, 3.8) is 0 Å². The summed E-state index contributed by atoms with van der Waals surface area (Å²) in [7, 11) is 0. The zero-order valence-electron chi connectivity index (χ0n) is 17.4. The van der Waals surface area contributed by atoms with E-state index in [2.05, 4.69) is 5.32 Å². The van der Waals surface area contributed by atoms with Crippen LogP contribution in [0.15, 0.2) is 60.7 Å². The van der Waals surface area contributed by atoms with Gasteiger partial charge in [0.1, 0.15) is 0 Å². The molecule has 1 aliphatic rings. The largest absolute Gasteiger partial charge is 0.416 e. The van der Waals surface area contributed by atoms with Gasteiger partial charge in [-0.1, -0.05) is 30.3 Å². The standard InChI is InChI=1S/C24H14ClF3N2O4/c1-12(31)30(25)18-10-9-17-19(22(33)16-8-3-2-7-15(16)21(17)32)20(18)29-23(34)13-5-4-6-14(11-13)24(26,27)28/h2-11H,1H3,(H,29,34). The molecule has 0 radical (unpaired) electrons. The summed E-state index contributed by atoms with van der Waals surface area (Å²) >= 11 is 6.08. The van der Waals surface area contributed by atoms with E-state index in [1.165, 1.54) is 24.3 Å². The number of nitrogens with one attached hydrogen (secondary N) is 1. The maximum Gasteiger partial charge on any atom is 0.416 e. The maximum atomic E-state index is 13.3. The summed E-state index contributed by atoms with van der Waals surface area (Å²) in [5.41, 5.74) is -1.79. The topological polar surface area (TPSA) is 83.6 Å². The summed E-state index contributed by atoms with van der Waals surface area (Å²) in [6, 6.07) is 12.3. The number of ketones is 2. The molecule has 0 aromatic heterocycles. The molecule has 3 aromatic rings. The zero-order valence-corrected chi connectivity index (χ0v) is 18.1. The van der Waals surface area contributed by atoms with E-state index in [1.807, 2.05) is 0 Å². The van der Waals surface area contributed by atoms with Crippen molar-refractivity contribution in [3.05, 3.63) is 94.0 Å². The van der Waals surface area contributed by atoms with Crippen LogP contribution >= 0.6 is 11.8 Å². The van der Waals surface area contributed by atoms with Gasteiger partial charge in [-0.05, 0) is 30.3 Å². The van der Waals surface area contributed by atoms with E-state index in [1.54, 1.807) is 12.1 Å². The fourth-order valence-corrected chi connectivity index (χ4v) is 3.80. The second-order valence-corrected chi connectivity index (χ2v) is 7.76. The molecule has 10 heteroatoms. The molecule has 0 saturated carbocycles.